The number of ether oxygens (including phenoxy) is 2. The quantitative estimate of drug-likeness (QED) is 0.905. The van der Waals surface area contributed by atoms with E-state index < -0.39 is 23.6 Å². The molecule has 1 atom stereocenters. The van der Waals surface area contributed by atoms with Gasteiger partial charge in [-0.05, 0) is 38.5 Å². The summed E-state index contributed by atoms with van der Waals surface area (Å²) >= 11 is 0. The van der Waals surface area contributed by atoms with Crippen molar-refractivity contribution >= 4 is 12.1 Å². The molecular formula is C16H23NO5. The standard InChI is InChI=1S/C16H23NO5/c1-16(2,3)22-15(20)17(4)10-13(14(18)19)11-7-6-8-12(9-11)21-5/h6-9,13H,10H2,1-5H3,(H,18,19). The van der Waals surface area contributed by atoms with E-state index in [4.69, 9.17) is 9.47 Å². The molecule has 0 fully saturated rings. The van der Waals surface area contributed by atoms with E-state index in [-0.39, 0.29) is 6.54 Å². The fourth-order valence-electron chi connectivity index (χ4n) is 1.87. The lowest BCUT2D eigenvalue weighted by Crippen LogP contribution is -2.38. The first-order valence-electron chi connectivity index (χ1n) is 6.95. The second-order valence-electron chi connectivity index (χ2n) is 6.03. The van der Waals surface area contributed by atoms with Crippen LogP contribution in [0, 0.1) is 0 Å². The van der Waals surface area contributed by atoms with Gasteiger partial charge in [-0.1, -0.05) is 12.1 Å². The third kappa shape index (κ3) is 5.27. The second-order valence-corrected chi connectivity index (χ2v) is 6.03. The molecule has 1 unspecified atom stereocenters. The molecule has 0 saturated carbocycles. The zero-order valence-corrected chi connectivity index (χ0v) is 13.6. The van der Waals surface area contributed by atoms with Crippen molar-refractivity contribution in [2.24, 2.45) is 0 Å². The number of hydrogen-bond donors (Lipinski definition) is 1. The van der Waals surface area contributed by atoms with Gasteiger partial charge in [-0.25, -0.2) is 4.79 Å². The number of methoxy groups -OCH3 is 1. The van der Waals surface area contributed by atoms with Crippen molar-refractivity contribution in [3.05, 3.63) is 29.8 Å². The molecule has 6 nitrogen and oxygen atoms in total. The number of likely N-dealkylation sites (N-methyl/N-ethyl adjacent to an activating group) is 1. The highest BCUT2D eigenvalue weighted by molar-refractivity contribution is 5.78. The van der Waals surface area contributed by atoms with E-state index in [9.17, 15) is 14.7 Å². The maximum atomic E-state index is 12.0. The van der Waals surface area contributed by atoms with Gasteiger partial charge in [0.15, 0.2) is 0 Å². The van der Waals surface area contributed by atoms with Crippen LogP contribution in [0.2, 0.25) is 0 Å². The molecule has 1 amide bonds. The average Bonchev–Trinajstić information content (AvgIpc) is 2.42. The number of benzene rings is 1. The molecule has 0 aliphatic carbocycles. The van der Waals surface area contributed by atoms with Gasteiger partial charge in [-0.15, -0.1) is 0 Å². The lowest BCUT2D eigenvalue weighted by molar-refractivity contribution is -0.139. The first kappa shape index (κ1) is 17.8. The summed E-state index contributed by atoms with van der Waals surface area (Å²) in [6.45, 7) is 5.29. The number of rotatable bonds is 5. The molecule has 0 spiro atoms. The topological polar surface area (TPSA) is 76.1 Å². The van der Waals surface area contributed by atoms with Crippen molar-refractivity contribution in [3.8, 4) is 5.75 Å². The molecule has 1 aromatic rings. The first-order chi connectivity index (χ1) is 10.1. The van der Waals surface area contributed by atoms with Crippen LogP contribution in [0.5, 0.6) is 5.75 Å². The van der Waals surface area contributed by atoms with Crippen LogP contribution in [0.3, 0.4) is 0 Å². The Balaban J connectivity index is 2.88. The lowest BCUT2D eigenvalue weighted by Gasteiger charge is -2.26. The van der Waals surface area contributed by atoms with Crippen LogP contribution >= 0.6 is 0 Å². The van der Waals surface area contributed by atoms with E-state index in [1.165, 1.54) is 19.1 Å². The molecule has 1 aromatic carbocycles. The summed E-state index contributed by atoms with van der Waals surface area (Å²) in [4.78, 5) is 24.7. The predicted molar refractivity (Wildman–Crippen MR) is 82.2 cm³/mol. The summed E-state index contributed by atoms with van der Waals surface area (Å²) in [5.74, 6) is -1.29. The molecule has 0 radical (unpaired) electrons. The van der Waals surface area contributed by atoms with Crippen molar-refractivity contribution in [2.45, 2.75) is 32.3 Å². The maximum Gasteiger partial charge on any atom is 0.410 e. The lowest BCUT2D eigenvalue weighted by atomic mass is 9.98. The Hall–Kier alpha value is -2.24. The van der Waals surface area contributed by atoms with E-state index in [2.05, 4.69) is 0 Å². The summed E-state index contributed by atoms with van der Waals surface area (Å²) in [6.07, 6.45) is -0.554. The zero-order valence-electron chi connectivity index (χ0n) is 13.6. The van der Waals surface area contributed by atoms with Crippen LogP contribution in [-0.2, 0) is 9.53 Å². The summed E-state index contributed by atoms with van der Waals surface area (Å²) in [7, 11) is 3.03. The molecule has 1 rings (SSSR count). The van der Waals surface area contributed by atoms with Gasteiger partial charge < -0.3 is 19.5 Å². The molecule has 0 bridgehead atoms. The number of carbonyl (C=O) groups excluding carboxylic acids is 1. The Labute approximate surface area is 130 Å². The van der Waals surface area contributed by atoms with E-state index in [0.29, 0.717) is 11.3 Å². The Morgan fingerprint density at radius 3 is 2.45 bits per heavy atom. The number of aliphatic carboxylic acids is 1. The molecule has 1 N–H and O–H groups in total. The van der Waals surface area contributed by atoms with Gasteiger partial charge >= 0.3 is 12.1 Å². The van der Waals surface area contributed by atoms with E-state index in [1.807, 2.05) is 0 Å². The van der Waals surface area contributed by atoms with Crippen molar-refractivity contribution in [3.63, 3.8) is 0 Å². The molecular weight excluding hydrogens is 286 g/mol. The summed E-state index contributed by atoms with van der Waals surface area (Å²) in [5.41, 5.74) is -0.0534. The number of carboxylic acids is 1. The van der Waals surface area contributed by atoms with Crippen LogP contribution in [0.4, 0.5) is 4.79 Å². The second kappa shape index (κ2) is 7.15. The van der Waals surface area contributed by atoms with Crippen molar-refractivity contribution in [2.75, 3.05) is 20.7 Å². The molecule has 0 aliphatic rings. The molecule has 6 heteroatoms. The molecule has 0 heterocycles. The van der Waals surface area contributed by atoms with Crippen molar-refractivity contribution in [1.29, 1.82) is 0 Å². The molecule has 0 aliphatic heterocycles. The summed E-state index contributed by atoms with van der Waals surface area (Å²) in [5, 5.41) is 9.43. The van der Waals surface area contributed by atoms with Crippen molar-refractivity contribution in [1.82, 2.24) is 4.90 Å². The van der Waals surface area contributed by atoms with Crippen LogP contribution in [0.15, 0.2) is 24.3 Å². The Morgan fingerprint density at radius 1 is 1.32 bits per heavy atom. The van der Waals surface area contributed by atoms with Gasteiger partial charge in [-0.2, -0.15) is 0 Å². The van der Waals surface area contributed by atoms with Crippen LogP contribution in [0.25, 0.3) is 0 Å². The Morgan fingerprint density at radius 2 is 1.95 bits per heavy atom. The maximum absolute atomic E-state index is 12.0. The normalized spacial score (nSPS) is 12.4. The minimum atomic E-state index is -1.01. The SMILES string of the molecule is COc1cccc(C(CN(C)C(=O)OC(C)(C)C)C(=O)O)c1. The highest BCUT2D eigenvalue weighted by atomic mass is 16.6. The van der Waals surface area contributed by atoms with Gasteiger partial charge in [-0.3, -0.25) is 4.79 Å². The Kier molecular flexibility index (Phi) is 5.79. The third-order valence-electron chi connectivity index (χ3n) is 2.96. The Bertz CT molecular complexity index is 536. The molecule has 22 heavy (non-hydrogen) atoms. The van der Waals surface area contributed by atoms with Gasteiger partial charge in [0.2, 0.25) is 0 Å². The third-order valence-corrected chi connectivity index (χ3v) is 2.96. The molecule has 0 aromatic heterocycles. The number of hydrogen-bond acceptors (Lipinski definition) is 4. The minimum Gasteiger partial charge on any atom is -0.497 e. The number of carboxylic acid groups (broad SMARTS) is 1. The van der Waals surface area contributed by atoms with E-state index in [0.717, 1.165) is 0 Å². The van der Waals surface area contributed by atoms with Crippen LogP contribution < -0.4 is 4.74 Å². The predicted octanol–water partition coefficient (Wildman–Crippen LogP) is 2.73. The smallest absolute Gasteiger partial charge is 0.410 e. The number of nitrogens with zero attached hydrogens (tertiary/aromatic N) is 1. The van der Waals surface area contributed by atoms with Crippen molar-refractivity contribution < 1.29 is 24.2 Å². The number of carbonyl (C=O) groups is 2. The van der Waals surface area contributed by atoms with E-state index in [1.54, 1.807) is 45.0 Å². The summed E-state index contributed by atoms with van der Waals surface area (Å²) in [6, 6.07) is 6.81. The largest absolute Gasteiger partial charge is 0.497 e. The average molecular weight is 309 g/mol. The zero-order chi connectivity index (χ0) is 16.9. The fourth-order valence-corrected chi connectivity index (χ4v) is 1.87. The fraction of sp³-hybridized carbons (Fsp3) is 0.500. The number of amides is 1. The minimum absolute atomic E-state index is 0.0113. The molecule has 0 saturated heterocycles. The summed E-state index contributed by atoms with van der Waals surface area (Å²) < 4.78 is 10.3. The van der Waals surface area contributed by atoms with Gasteiger partial charge in [0.1, 0.15) is 11.4 Å². The molecule has 122 valence electrons. The van der Waals surface area contributed by atoms with Crippen LogP contribution in [0.1, 0.15) is 32.3 Å². The first-order valence-corrected chi connectivity index (χ1v) is 6.95. The van der Waals surface area contributed by atoms with E-state index >= 15 is 0 Å². The van der Waals surface area contributed by atoms with Gasteiger partial charge in [0.05, 0.1) is 13.0 Å². The monoisotopic (exact) mass is 309 g/mol. The van der Waals surface area contributed by atoms with Gasteiger partial charge in [0.25, 0.3) is 0 Å². The highest BCUT2D eigenvalue weighted by Crippen LogP contribution is 2.22. The van der Waals surface area contributed by atoms with Crippen LogP contribution in [-0.4, -0.2) is 48.4 Å². The highest BCUT2D eigenvalue weighted by Gasteiger charge is 2.26. The van der Waals surface area contributed by atoms with Gasteiger partial charge in [0, 0.05) is 13.6 Å².